The molecule has 2 N–H and O–H groups in total. The van der Waals surface area contributed by atoms with Gasteiger partial charge in [0.1, 0.15) is 0 Å². The molecule has 182 valence electrons. The molecule has 1 atom stereocenters. The number of rotatable bonds is 6. The Balaban J connectivity index is 1.47. The summed E-state index contributed by atoms with van der Waals surface area (Å²) < 4.78 is 4.75. The summed E-state index contributed by atoms with van der Waals surface area (Å²) >= 11 is 0. The van der Waals surface area contributed by atoms with Gasteiger partial charge < -0.3 is 19.9 Å². The Kier molecular flexibility index (Phi) is 6.76. The Morgan fingerprint density at radius 1 is 1.17 bits per heavy atom. The second kappa shape index (κ2) is 10.3. The molecule has 4 heterocycles. The molecular formula is C26H30N6O3. The van der Waals surface area contributed by atoms with E-state index in [-0.39, 0.29) is 5.91 Å². The largest absolute Gasteiger partial charge is 0.466 e. The SMILES string of the molecule is COC(=O)/C=C/c1[nH]nc2ncc(-c3ccccc3)c(N3CCN(C(=O)CC4CCCN4)CC3)c12. The Morgan fingerprint density at radius 2 is 1.97 bits per heavy atom. The number of nitrogens with zero attached hydrogens (tertiary/aromatic N) is 4. The molecule has 1 amide bonds. The lowest BCUT2D eigenvalue weighted by Crippen LogP contribution is -2.50. The minimum Gasteiger partial charge on any atom is -0.466 e. The first kappa shape index (κ1) is 23.0. The molecule has 0 spiro atoms. The van der Waals surface area contributed by atoms with Crippen LogP contribution in [0.2, 0.25) is 0 Å². The molecule has 5 rings (SSSR count). The van der Waals surface area contributed by atoms with Crippen molar-refractivity contribution in [3.05, 3.63) is 48.3 Å². The number of amides is 1. The third-order valence-corrected chi connectivity index (χ3v) is 6.79. The molecule has 2 aliphatic heterocycles. The summed E-state index contributed by atoms with van der Waals surface area (Å²) in [6.45, 7) is 3.73. The number of carbonyl (C=O) groups excluding carboxylic acids is 2. The highest BCUT2D eigenvalue weighted by Crippen LogP contribution is 2.38. The van der Waals surface area contributed by atoms with Crippen LogP contribution in [0, 0.1) is 0 Å². The molecule has 9 heteroatoms. The zero-order chi connectivity index (χ0) is 24.2. The van der Waals surface area contributed by atoms with Crippen molar-refractivity contribution in [1.29, 1.82) is 0 Å². The standard InChI is InChI=1S/C26H30N6O3/c1-35-23(34)10-9-21-24-25(20(17-28-26(24)30-29-21)18-6-3-2-4-7-18)32-14-12-31(13-15-32)22(33)16-19-8-5-11-27-19/h2-4,6-7,9-10,17,19,27H,5,8,11-16H2,1H3,(H,28,29,30)/b10-9+. The number of carbonyl (C=O) groups is 2. The molecule has 2 fully saturated rings. The average molecular weight is 475 g/mol. The van der Waals surface area contributed by atoms with Gasteiger partial charge in [-0.25, -0.2) is 9.78 Å². The van der Waals surface area contributed by atoms with Crippen LogP contribution >= 0.6 is 0 Å². The number of pyridine rings is 1. The van der Waals surface area contributed by atoms with Crippen molar-refractivity contribution in [2.75, 3.05) is 44.7 Å². The third-order valence-electron chi connectivity index (χ3n) is 6.79. The number of nitrogens with one attached hydrogen (secondary N) is 2. The molecule has 2 saturated heterocycles. The lowest BCUT2D eigenvalue weighted by atomic mass is 10.0. The van der Waals surface area contributed by atoms with Crippen LogP contribution in [0.25, 0.3) is 28.2 Å². The van der Waals surface area contributed by atoms with Crippen LogP contribution in [0.15, 0.2) is 42.6 Å². The van der Waals surface area contributed by atoms with E-state index in [0.717, 1.165) is 41.6 Å². The minimum atomic E-state index is -0.439. The van der Waals surface area contributed by atoms with E-state index in [0.29, 0.717) is 50.0 Å². The number of fused-ring (bicyclic) bond motifs is 1. The van der Waals surface area contributed by atoms with Crippen molar-refractivity contribution in [1.82, 2.24) is 25.4 Å². The van der Waals surface area contributed by atoms with Crippen molar-refractivity contribution in [3.8, 4) is 11.1 Å². The van der Waals surface area contributed by atoms with Crippen LogP contribution in [0.4, 0.5) is 5.69 Å². The quantitative estimate of drug-likeness (QED) is 0.418. The van der Waals surface area contributed by atoms with Gasteiger partial charge in [0.15, 0.2) is 5.65 Å². The van der Waals surface area contributed by atoms with Crippen LogP contribution in [0.5, 0.6) is 0 Å². The predicted molar refractivity (Wildman–Crippen MR) is 135 cm³/mol. The van der Waals surface area contributed by atoms with Crippen molar-refractivity contribution in [2.24, 2.45) is 0 Å². The maximum absolute atomic E-state index is 12.9. The average Bonchev–Trinajstić information content (AvgIpc) is 3.57. The number of hydrogen-bond acceptors (Lipinski definition) is 7. The number of piperazine rings is 1. The maximum Gasteiger partial charge on any atom is 0.330 e. The smallest absolute Gasteiger partial charge is 0.330 e. The second-order valence-electron chi connectivity index (χ2n) is 8.94. The van der Waals surface area contributed by atoms with E-state index in [1.165, 1.54) is 13.2 Å². The number of anilines is 1. The Hall–Kier alpha value is -3.72. The van der Waals surface area contributed by atoms with Gasteiger partial charge in [-0.05, 0) is 31.0 Å². The molecule has 35 heavy (non-hydrogen) atoms. The second-order valence-corrected chi connectivity index (χ2v) is 8.94. The first-order chi connectivity index (χ1) is 17.1. The van der Waals surface area contributed by atoms with Crippen molar-refractivity contribution in [2.45, 2.75) is 25.3 Å². The summed E-state index contributed by atoms with van der Waals surface area (Å²) in [4.78, 5) is 33.5. The highest BCUT2D eigenvalue weighted by molar-refractivity contribution is 6.03. The topological polar surface area (TPSA) is 103 Å². The van der Waals surface area contributed by atoms with Crippen LogP contribution < -0.4 is 10.2 Å². The summed E-state index contributed by atoms with van der Waals surface area (Å²) in [6.07, 6.45) is 7.69. The van der Waals surface area contributed by atoms with Crippen molar-refractivity contribution in [3.63, 3.8) is 0 Å². The summed E-state index contributed by atoms with van der Waals surface area (Å²) in [5.74, 6) is -0.220. The van der Waals surface area contributed by atoms with Crippen LogP contribution in [0.3, 0.4) is 0 Å². The van der Waals surface area contributed by atoms with Gasteiger partial charge in [0.2, 0.25) is 5.91 Å². The third kappa shape index (κ3) is 4.90. The lowest BCUT2D eigenvalue weighted by molar-refractivity contribution is -0.135. The first-order valence-electron chi connectivity index (χ1n) is 12.1. The number of methoxy groups -OCH3 is 1. The molecule has 3 aromatic rings. The molecule has 2 aliphatic rings. The number of hydrogen-bond donors (Lipinski definition) is 2. The van der Waals surface area contributed by atoms with E-state index in [1.54, 1.807) is 6.08 Å². The number of aromatic nitrogens is 3. The number of ether oxygens (including phenoxy) is 1. The van der Waals surface area contributed by atoms with E-state index < -0.39 is 5.97 Å². The minimum absolute atomic E-state index is 0.220. The zero-order valence-electron chi connectivity index (χ0n) is 19.9. The summed E-state index contributed by atoms with van der Waals surface area (Å²) in [5, 5.41) is 11.7. The highest BCUT2D eigenvalue weighted by atomic mass is 16.5. The summed E-state index contributed by atoms with van der Waals surface area (Å²) in [6, 6.07) is 10.4. The predicted octanol–water partition coefficient (Wildman–Crippen LogP) is 2.60. The molecule has 2 aromatic heterocycles. The van der Waals surface area contributed by atoms with Gasteiger partial charge >= 0.3 is 5.97 Å². The molecule has 0 radical (unpaired) electrons. The zero-order valence-corrected chi connectivity index (χ0v) is 19.9. The molecule has 1 unspecified atom stereocenters. The fourth-order valence-electron chi connectivity index (χ4n) is 4.94. The Bertz CT molecular complexity index is 1220. The monoisotopic (exact) mass is 474 g/mol. The van der Waals surface area contributed by atoms with Gasteiger partial charge in [0.25, 0.3) is 0 Å². The van der Waals surface area contributed by atoms with E-state index >= 15 is 0 Å². The van der Waals surface area contributed by atoms with E-state index in [2.05, 4.69) is 37.5 Å². The van der Waals surface area contributed by atoms with Gasteiger partial charge in [-0.15, -0.1) is 0 Å². The van der Waals surface area contributed by atoms with Gasteiger partial charge in [0, 0.05) is 56.5 Å². The number of aromatic amines is 1. The van der Waals surface area contributed by atoms with Crippen LogP contribution in [-0.2, 0) is 14.3 Å². The number of H-pyrrole nitrogens is 1. The molecule has 9 nitrogen and oxygen atoms in total. The normalized spacial score (nSPS) is 18.5. The highest BCUT2D eigenvalue weighted by Gasteiger charge is 2.28. The molecule has 0 saturated carbocycles. The fraction of sp³-hybridized carbons (Fsp3) is 0.385. The van der Waals surface area contributed by atoms with Gasteiger partial charge in [-0.2, -0.15) is 5.10 Å². The Morgan fingerprint density at radius 3 is 2.69 bits per heavy atom. The van der Waals surface area contributed by atoms with Crippen molar-refractivity contribution < 1.29 is 14.3 Å². The van der Waals surface area contributed by atoms with E-state index in [4.69, 9.17) is 4.74 Å². The van der Waals surface area contributed by atoms with Crippen molar-refractivity contribution >= 4 is 34.7 Å². The number of esters is 1. The number of benzene rings is 1. The Labute approximate surface area is 204 Å². The molecule has 0 aliphatic carbocycles. The van der Waals surface area contributed by atoms with Gasteiger partial charge in [0.05, 0.1) is 23.9 Å². The molecule has 1 aromatic carbocycles. The molecule has 0 bridgehead atoms. The first-order valence-corrected chi connectivity index (χ1v) is 12.1. The van der Waals surface area contributed by atoms with E-state index in [1.807, 2.05) is 29.3 Å². The maximum atomic E-state index is 12.9. The van der Waals surface area contributed by atoms with Gasteiger partial charge in [-0.3, -0.25) is 9.89 Å². The molecular weight excluding hydrogens is 444 g/mol. The fourth-order valence-corrected chi connectivity index (χ4v) is 4.94. The van der Waals surface area contributed by atoms with Gasteiger partial charge in [-0.1, -0.05) is 30.3 Å². The summed E-state index contributed by atoms with van der Waals surface area (Å²) in [5.41, 5.74) is 4.31. The van der Waals surface area contributed by atoms with Crippen LogP contribution in [-0.4, -0.2) is 77.8 Å². The van der Waals surface area contributed by atoms with Crippen LogP contribution in [0.1, 0.15) is 25.0 Å². The summed E-state index contributed by atoms with van der Waals surface area (Å²) in [7, 11) is 1.35. The van der Waals surface area contributed by atoms with E-state index in [9.17, 15) is 9.59 Å². The lowest BCUT2D eigenvalue weighted by Gasteiger charge is -2.37.